The van der Waals surface area contributed by atoms with Crippen LogP contribution in [0.15, 0.2) is 58.2 Å². The van der Waals surface area contributed by atoms with Gasteiger partial charge in [-0.25, -0.2) is 12.8 Å². The van der Waals surface area contributed by atoms with Gasteiger partial charge in [0.2, 0.25) is 5.56 Å². The van der Waals surface area contributed by atoms with Crippen LogP contribution < -0.4 is 10.3 Å². The number of likely N-dealkylation sites (N-methyl/N-ethyl adjacent to an activating group) is 1. The van der Waals surface area contributed by atoms with E-state index in [2.05, 4.69) is 14.6 Å². The summed E-state index contributed by atoms with van der Waals surface area (Å²) in [6.07, 6.45) is 1.82. The van der Waals surface area contributed by atoms with Gasteiger partial charge < -0.3 is 14.8 Å². The van der Waals surface area contributed by atoms with Crippen molar-refractivity contribution in [3.05, 3.63) is 70.3 Å². The highest BCUT2D eigenvalue weighted by molar-refractivity contribution is 7.92. The van der Waals surface area contributed by atoms with Crippen molar-refractivity contribution in [1.82, 2.24) is 14.8 Å². The van der Waals surface area contributed by atoms with Crippen LogP contribution in [0.1, 0.15) is 23.2 Å². The van der Waals surface area contributed by atoms with Crippen molar-refractivity contribution in [3.8, 4) is 0 Å². The van der Waals surface area contributed by atoms with Crippen LogP contribution in [0.25, 0.3) is 10.9 Å². The summed E-state index contributed by atoms with van der Waals surface area (Å²) in [5, 5.41) is 0.341. The highest BCUT2D eigenvalue weighted by Gasteiger charge is 2.27. The third-order valence-corrected chi connectivity index (χ3v) is 7.24. The Bertz CT molecular complexity index is 1350. The summed E-state index contributed by atoms with van der Waals surface area (Å²) in [5.41, 5.74) is 0.295. The molecule has 8 nitrogen and oxygen atoms in total. The van der Waals surface area contributed by atoms with Gasteiger partial charge in [0.05, 0.1) is 10.5 Å². The Kier molecular flexibility index (Phi) is 6.22. The van der Waals surface area contributed by atoms with Gasteiger partial charge in [-0.1, -0.05) is 0 Å². The van der Waals surface area contributed by atoms with E-state index in [1.54, 1.807) is 4.90 Å². The number of likely N-dealkylation sites (tertiary alicyclic amines) is 1. The lowest BCUT2D eigenvalue weighted by Crippen LogP contribution is -2.47. The van der Waals surface area contributed by atoms with Gasteiger partial charge in [-0.2, -0.15) is 0 Å². The van der Waals surface area contributed by atoms with Gasteiger partial charge in [-0.05, 0) is 69.4 Å². The minimum absolute atomic E-state index is 0.0785. The average molecular weight is 473 g/mol. The zero-order valence-electron chi connectivity index (χ0n) is 18.3. The molecule has 3 aromatic rings. The Morgan fingerprint density at radius 3 is 2.58 bits per heavy atom. The molecule has 0 spiro atoms. The highest BCUT2D eigenvalue weighted by atomic mass is 32.2. The summed E-state index contributed by atoms with van der Waals surface area (Å²) >= 11 is 0. The number of hydrogen-bond acceptors (Lipinski definition) is 5. The van der Waals surface area contributed by atoms with Crippen molar-refractivity contribution in [1.29, 1.82) is 0 Å². The van der Waals surface area contributed by atoms with Gasteiger partial charge in [-0.15, -0.1) is 0 Å². The third-order valence-electron chi connectivity index (χ3n) is 5.87. The zero-order chi connectivity index (χ0) is 23.8. The van der Waals surface area contributed by atoms with E-state index in [1.807, 2.05) is 14.1 Å². The van der Waals surface area contributed by atoms with E-state index in [9.17, 15) is 22.4 Å². The van der Waals surface area contributed by atoms with Crippen molar-refractivity contribution in [2.75, 3.05) is 31.9 Å². The number of aromatic nitrogens is 1. The first-order valence-corrected chi connectivity index (χ1v) is 12.0. The summed E-state index contributed by atoms with van der Waals surface area (Å²) in [4.78, 5) is 31.9. The quantitative estimate of drug-likeness (QED) is 0.594. The number of aromatic amines is 1. The Morgan fingerprint density at radius 1 is 1.15 bits per heavy atom. The van der Waals surface area contributed by atoms with Crippen LogP contribution in [-0.2, 0) is 10.0 Å². The molecule has 4 rings (SSSR count). The predicted molar refractivity (Wildman–Crippen MR) is 124 cm³/mol. The second-order valence-corrected chi connectivity index (χ2v) is 10.1. The molecule has 0 aliphatic carbocycles. The Hall–Kier alpha value is -3.24. The van der Waals surface area contributed by atoms with Gasteiger partial charge in [0.25, 0.3) is 15.9 Å². The number of hydrogen-bond donors (Lipinski definition) is 2. The first kappa shape index (κ1) is 22.9. The number of nitrogens with one attached hydrogen (secondary N) is 2. The number of carbonyl (C=O) groups excluding carboxylic acids is 1. The number of anilines is 1. The minimum Gasteiger partial charge on any atom is -0.337 e. The molecule has 10 heteroatoms. The molecule has 1 unspecified atom stereocenters. The Morgan fingerprint density at radius 2 is 1.88 bits per heavy atom. The number of amides is 1. The van der Waals surface area contributed by atoms with Gasteiger partial charge in [0.15, 0.2) is 0 Å². The van der Waals surface area contributed by atoms with E-state index >= 15 is 0 Å². The topological polar surface area (TPSA) is 103 Å². The van der Waals surface area contributed by atoms with Crippen molar-refractivity contribution < 1.29 is 17.6 Å². The van der Waals surface area contributed by atoms with E-state index in [0.29, 0.717) is 24.0 Å². The van der Waals surface area contributed by atoms with E-state index in [1.165, 1.54) is 36.4 Å². The molecule has 2 heterocycles. The molecule has 1 aliphatic rings. The lowest BCUT2D eigenvalue weighted by Gasteiger charge is -2.36. The molecular weight excluding hydrogens is 447 g/mol. The number of nitrogens with zero attached hydrogens (tertiary/aromatic N) is 2. The first-order valence-electron chi connectivity index (χ1n) is 10.6. The van der Waals surface area contributed by atoms with E-state index in [4.69, 9.17) is 0 Å². The lowest BCUT2D eigenvalue weighted by molar-refractivity contribution is 0.0637. The summed E-state index contributed by atoms with van der Waals surface area (Å²) < 4.78 is 41.4. The van der Waals surface area contributed by atoms with Gasteiger partial charge >= 0.3 is 0 Å². The number of carbonyl (C=O) groups is 1. The molecule has 2 N–H and O–H groups in total. The number of halogens is 1. The van der Waals surface area contributed by atoms with Crippen molar-refractivity contribution in [2.24, 2.45) is 0 Å². The van der Waals surface area contributed by atoms with Gasteiger partial charge in [0.1, 0.15) is 5.82 Å². The SMILES string of the molecule is CN(C)C1CCCN(C(=O)c2cc(=O)[nH]c3ccc(S(=O)(=O)Nc4ccc(F)cc4)cc23)C1. The second-order valence-electron chi connectivity index (χ2n) is 8.38. The van der Waals surface area contributed by atoms with Crippen molar-refractivity contribution in [3.63, 3.8) is 0 Å². The van der Waals surface area contributed by atoms with Crippen LogP contribution in [0.5, 0.6) is 0 Å². The minimum atomic E-state index is -4.01. The van der Waals surface area contributed by atoms with E-state index < -0.39 is 21.4 Å². The monoisotopic (exact) mass is 472 g/mol. The molecule has 0 radical (unpaired) electrons. The van der Waals surface area contributed by atoms with E-state index in [-0.39, 0.29) is 28.1 Å². The molecule has 1 aromatic heterocycles. The number of piperidine rings is 1. The van der Waals surface area contributed by atoms with Crippen LogP contribution in [0, 0.1) is 5.82 Å². The molecule has 1 fully saturated rings. The maximum atomic E-state index is 13.4. The third kappa shape index (κ3) is 4.91. The van der Waals surface area contributed by atoms with Crippen LogP contribution in [0.2, 0.25) is 0 Å². The molecule has 174 valence electrons. The molecule has 0 bridgehead atoms. The fourth-order valence-corrected chi connectivity index (χ4v) is 5.12. The van der Waals surface area contributed by atoms with Crippen LogP contribution in [0.4, 0.5) is 10.1 Å². The van der Waals surface area contributed by atoms with Crippen molar-refractivity contribution in [2.45, 2.75) is 23.8 Å². The van der Waals surface area contributed by atoms with Crippen LogP contribution in [-0.4, -0.2) is 62.3 Å². The normalized spacial score (nSPS) is 16.8. The Labute approximate surface area is 191 Å². The smallest absolute Gasteiger partial charge is 0.261 e. The zero-order valence-corrected chi connectivity index (χ0v) is 19.2. The van der Waals surface area contributed by atoms with Gasteiger partial charge in [-0.3, -0.25) is 14.3 Å². The average Bonchev–Trinajstić information content (AvgIpc) is 2.79. The fourth-order valence-electron chi connectivity index (χ4n) is 4.04. The second kappa shape index (κ2) is 8.95. The number of pyridine rings is 1. The molecule has 2 aromatic carbocycles. The number of rotatable bonds is 5. The number of H-pyrrole nitrogens is 1. The summed E-state index contributed by atoms with van der Waals surface area (Å²) in [6.45, 7) is 1.10. The Balaban J connectivity index is 1.72. The standard InChI is InChI=1S/C23H25FN4O4S/c1-27(2)17-4-3-11-28(14-17)23(30)20-13-22(29)25-21-10-9-18(12-19(20)21)33(31,32)26-16-7-5-15(24)6-8-16/h5-10,12-13,17,26H,3-4,11,14H2,1-2H3,(H,25,29). The summed E-state index contributed by atoms with van der Waals surface area (Å²) in [6, 6.07) is 10.6. The molecular formula is C23H25FN4O4S. The van der Waals surface area contributed by atoms with Crippen LogP contribution in [0.3, 0.4) is 0 Å². The predicted octanol–water partition coefficient (Wildman–Crippen LogP) is 2.63. The number of sulfonamides is 1. The molecule has 1 amide bonds. The summed E-state index contributed by atoms with van der Waals surface area (Å²) in [7, 11) is -0.0815. The molecule has 0 saturated carbocycles. The molecule has 1 atom stereocenters. The fraction of sp³-hybridized carbons (Fsp3) is 0.304. The van der Waals surface area contributed by atoms with Crippen molar-refractivity contribution >= 4 is 32.5 Å². The number of benzene rings is 2. The lowest BCUT2D eigenvalue weighted by atomic mass is 10.0. The highest BCUT2D eigenvalue weighted by Crippen LogP contribution is 2.25. The largest absolute Gasteiger partial charge is 0.337 e. The maximum absolute atomic E-state index is 13.4. The van der Waals surface area contributed by atoms with Gasteiger partial charge in [0, 0.05) is 41.8 Å². The molecule has 33 heavy (non-hydrogen) atoms. The molecule has 1 aliphatic heterocycles. The van der Waals surface area contributed by atoms with E-state index in [0.717, 1.165) is 25.0 Å². The molecule has 1 saturated heterocycles. The maximum Gasteiger partial charge on any atom is 0.261 e. The first-order chi connectivity index (χ1) is 15.6. The van der Waals surface area contributed by atoms with Crippen LogP contribution >= 0.6 is 0 Å². The number of fused-ring (bicyclic) bond motifs is 1. The summed E-state index contributed by atoms with van der Waals surface area (Å²) in [5.74, 6) is -0.788.